The van der Waals surface area contributed by atoms with Crippen LogP contribution in [0.1, 0.15) is 49.3 Å². The summed E-state index contributed by atoms with van der Waals surface area (Å²) in [5, 5.41) is 7.97. The molecular weight excluding hydrogens is 290 g/mol. The summed E-state index contributed by atoms with van der Waals surface area (Å²) in [6, 6.07) is 2.50. The fourth-order valence-corrected chi connectivity index (χ4v) is 3.57. The summed E-state index contributed by atoms with van der Waals surface area (Å²) in [6.07, 6.45) is 1.09. The van der Waals surface area contributed by atoms with Gasteiger partial charge in [0, 0.05) is 51.9 Å². The van der Waals surface area contributed by atoms with Crippen molar-refractivity contribution in [3.05, 3.63) is 17.5 Å². The molecule has 0 saturated carbocycles. The highest BCUT2D eigenvalue weighted by Gasteiger charge is 2.32. The number of nitrogens with one attached hydrogen (secondary N) is 1. The minimum absolute atomic E-state index is 0.142. The molecule has 128 valence electrons. The van der Waals surface area contributed by atoms with E-state index in [0.29, 0.717) is 12.0 Å². The number of hydrogen-bond donors (Lipinski definition) is 1. The van der Waals surface area contributed by atoms with E-state index in [1.807, 2.05) is 22.6 Å². The SMILES string of the molecule is CCn1nc(C(C)C)cc1C(=O)N1CCC(N2CCNCC2)C1. The lowest BCUT2D eigenvalue weighted by Crippen LogP contribution is -2.49. The maximum absolute atomic E-state index is 12.9. The van der Waals surface area contributed by atoms with Gasteiger partial charge in [0.15, 0.2) is 0 Å². The van der Waals surface area contributed by atoms with Crippen LogP contribution in [0.3, 0.4) is 0 Å². The molecule has 2 saturated heterocycles. The molecule has 0 bridgehead atoms. The molecule has 0 aliphatic carbocycles. The van der Waals surface area contributed by atoms with Crippen LogP contribution in [0.4, 0.5) is 0 Å². The fraction of sp³-hybridized carbons (Fsp3) is 0.765. The Morgan fingerprint density at radius 3 is 2.74 bits per heavy atom. The fourth-order valence-electron chi connectivity index (χ4n) is 3.57. The summed E-state index contributed by atoms with van der Waals surface area (Å²) >= 11 is 0. The van der Waals surface area contributed by atoms with Crippen molar-refractivity contribution < 1.29 is 4.79 Å². The van der Waals surface area contributed by atoms with Crippen LogP contribution in [0.2, 0.25) is 0 Å². The second-order valence-corrected chi connectivity index (χ2v) is 6.90. The number of amides is 1. The molecule has 0 radical (unpaired) electrons. The number of carbonyl (C=O) groups is 1. The zero-order valence-electron chi connectivity index (χ0n) is 14.6. The number of aromatic nitrogens is 2. The van der Waals surface area contributed by atoms with Crippen molar-refractivity contribution in [2.24, 2.45) is 0 Å². The third-order valence-electron chi connectivity index (χ3n) is 5.03. The molecule has 1 atom stereocenters. The van der Waals surface area contributed by atoms with E-state index in [0.717, 1.165) is 63.6 Å². The zero-order chi connectivity index (χ0) is 16.4. The van der Waals surface area contributed by atoms with Crippen LogP contribution >= 0.6 is 0 Å². The predicted octanol–water partition coefficient (Wildman–Crippen LogP) is 1.15. The lowest BCUT2D eigenvalue weighted by atomic mass is 10.1. The lowest BCUT2D eigenvalue weighted by molar-refractivity contribution is 0.0761. The first-order valence-electron chi connectivity index (χ1n) is 8.92. The number of nitrogens with zero attached hydrogens (tertiary/aromatic N) is 4. The van der Waals surface area contributed by atoms with Gasteiger partial charge in [0.05, 0.1) is 5.69 Å². The lowest BCUT2D eigenvalue weighted by Gasteiger charge is -2.32. The van der Waals surface area contributed by atoms with Crippen molar-refractivity contribution in [1.29, 1.82) is 0 Å². The van der Waals surface area contributed by atoms with Crippen LogP contribution < -0.4 is 5.32 Å². The van der Waals surface area contributed by atoms with E-state index in [1.165, 1.54) is 0 Å². The van der Waals surface area contributed by atoms with Gasteiger partial charge in [-0.1, -0.05) is 13.8 Å². The quantitative estimate of drug-likeness (QED) is 0.904. The van der Waals surface area contributed by atoms with E-state index in [-0.39, 0.29) is 5.91 Å². The second-order valence-electron chi connectivity index (χ2n) is 6.90. The monoisotopic (exact) mass is 319 g/mol. The summed E-state index contributed by atoms with van der Waals surface area (Å²) in [5.41, 5.74) is 1.75. The molecule has 1 N–H and O–H groups in total. The van der Waals surface area contributed by atoms with Crippen molar-refractivity contribution in [2.75, 3.05) is 39.3 Å². The Labute approximate surface area is 138 Å². The maximum Gasteiger partial charge on any atom is 0.272 e. The van der Waals surface area contributed by atoms with Gasteiger partial charge in [-0.05, 0) is 25.3 Å². The van der Waals surface area contributed by atoms with Gasteiger partial charge >= 0.3 is 0 Å². The summed E-state index contributed by atoms with van der Waals surface area (Å²) < 4.78 is 1.86. The minimum Gasteiger partial charge on any atom is -0.336 e. The van der Waals surface area contributed by atoms with Gasteiger partial charge in [-0.2, -0.15) is 5.10 Å². The molecule has 3 heterocycles. The zero-order valence-corrected chi connectivity index (χ0v) is 14.6. The molecule has 6 heteroatoms. The Kier molecular flexibility index (Phi) is 5.02. The summed E-state index contributed by atoms with van der Waals surface area (Å²) in [6.45, 7) is 13.0. The van der Waals surface area contributed by atoms with Crippen molar-refractivity contribution in [1.82, 2.24) is 24.9 Å². The first kappa shape index (κ1) is 16.5. The molecule has 1 amide bonds. The highest BCUT2D eigenvalue weighted by atomic mass is 16.2. The number of rotatable bonds is 4. The van der Waals surface area contributed by atoms with Gasteiger partial charge in [0.1, 0.15) is 5.69 Å². The molecule has 1 aromatic heterocycles. The molecule has 2 fully saturated rings. The van der Waals surface area contributed by atoms with Crippen LogP contribution in [0.15, 0.2) is 6.07 Å². The average molecular weight is 319 g/mol. The van der Waals surface area contributed by atoms with E-state index < -0.39 is 0 Å². The van der Waals surface area contributed by atoms with E-state index in [2.05, 4.69) is 29.2 Å². The molecular formula is C17H29N5O. The third kappa shape index (κ3) is 3.43. The molecule has 1 aromatic rings. The van der Waals surface area contributed by atoms with E-state index in [1.54, 1.807) is 0 Å². The highest BCUT2D eigenvalue weighted by molar-refractivity contribution is 5.93. The molecule has 6 nitrogen and oxygen atoms in total. The van der Waals surface area contributed by atoms with Crippen LogP contribution in [-0.4, -0.2) is 70.8 Å². The summed E-state index contributed by atoms with van der Waals surface area (Å²) in [5.74, 6) is 0.491. The van der Waals surface area contributed by atoms with Gasteiger partial charge in [-0.15, -0.1) is 0 Å². The first-order valence-corrected chi connectivity index (χ1v) is 8.92. The van der Waals surface area contributed by atoms with Crippen molar-refractivity contribution in [3.63, 3.8) is 0 Å². The van der Waals surface area contributed by atoms with Crippen molar-refractivity contribution in [2.45, 2.75) is 45.7 Å². The normalized spacial score (nSPS) is 23.0. The number of likely N-dealkylation sites (tertiary alicyclic amines) is 1. The Balaban J connectivity index is 1.69. The van der Waals surface area contributed by atoms with Gasteiger partial charge in [0.25, 0.3) is 5.91 Å². The standard InChI is InChI=1S/C17H29N5O/c1-4-22-16(11-15(19-22)13(2)3)17(23)21-8-5-14(12-21)20-9-6-18-7-10-20/h11,13-14,18H,4-10,12H2,1-3H3. The topological polar surface area (TPSA) is 53.4 Å². The van der Waals surface area contributed by atoms with Gasteiger partial charge < -0.3 is 10.2 Å². The molecule has 2 aliphatic heterocycles. The predicted molar refractivity (Wildman–Crippen MR) is 90.7 cm³/mol. The number of carbonyl (C=O) groups excluding carboxylic acids is 1. The van der Waals surface area contributed by atoms with Gasteiger partial charge in [-0.25, -0.2) is 0 Å². The Bertz CT molecular complexity index is 547. The van der Waals surface area contributed by atoms with E-state index in [4.69, 9.17) is 0 Å². The number of hydrogen-bond acceptors (Lipinski definition) is 4. The molecule has 2 aliphatic rings. The minimum atomic E-state index is 0.142. The van der Waals surface area contributed by atoms with Crippen LogP contribution in [0, 0.1) is 0 Å². The molecule has 3 rings (SSSR count). The smallest absolute Gasteiger partial charge is 0.272 e. The summed E-state index contributed by atoms with van der Waals surface area (Å²) in [4.78, 5) is 17.5. The number of aryl methyl sites for hydroxylation is 1. The highest BCUT2D eigenvalue weighted by Crippen LogP contribution is 2.21. The average Bonchev–Trinajstić information content (AvgIpc) is 3.22. The molecule has 23 heavy (non-hydrogen) atoms. The molecule has 0 spiro atoms. The van der Waals surface area contributed by atoms with E-state index >= 15 is 0 Å². The second kappa shape index (κ2) is 7.01. The molecule has 0 aromatic carbocycles. The molecule has 1 unspecified atom stereocenters. The number of piperazine rings is 1. The first-order chi connectivity index (χ1) is 11.1. The summed E-state index contributed by atoms with van der Waals surface area (Å²) in [7, 11) is 0. The third-order valence-corrected chi connectivity index (χ3v) is 5.03. The Morgan fingerprint density at radius 2 is 2.09 bits per heavy atom. The van der Waals surface area contributed by atoms with Gasteiger partial charge in [-0.3, -0.25) is 14.4 Å². The largest absolute Gasteiger partial charge is 0.336 e. The van der Waals surface area contributed by atoms with E-state index in [9.17, 15) is 4.79 Å². The van der Waals surface area contributed by atoms with Crippen molar-refractivity contribution >= 4 is 5.91 Å². The van der Waals surface area contributed by atoms with Gasteiger partial charge in [0.2, 0.25) is 0 Å². The Hall–Kier alpha value is -1.40. The van der Waals surface area contributed by atoms with Crippen LogP contribution in [0.25, 0.3) is 0 Å². The Morgan fingerprint density at radius 1 is 1.35 bits per heavy atom. The maximum atomic E-state index is 12.9. The van der Waals surface area contributed by atoms with Crippen molar-refractivity contribution in [3.8, 4) is 0 Å². The van der Waals surface area contributed by atoms with Crippen LogP contribution in [0.5, 0.6) is 0 Å². The van der Waals surface area contributed by atoms with Crippen LogP contribution in [-0.2, 0) is 6.54 Å².